The summed E-state index contributed by atoms with van der Waals surface area (Å²) in [5.41, 5.74) is -1.14. The predicted molar refractivity (Wildman–Crippen MR) is 65.0 cm³/mol. The summed E-state index contributed by atoms with van der Waals surface area (Å²) < 4.78 is 18.2. The summed E-state index contributed by atoms with van der Waals surface area (Å²) in [4.78, 5) is 20.8. The van der Waals surface area contributed by atoms with E-state index in [1.54, 1.807) is 0 Å². The number of nitro benzene ring substituents is 1. The largest absolute Gasteiger partial charge is 0.478 e. The van der Waals surface area contributed by atoms with Crippen LogP contribution in [0.25, 0.3) is 0 Å². The Labute approximate surface area is 108 Å². The Bertz CT molecular complexity index is 492. The number of methoxy groups -OCH3 is 1. The molecule has 8 heteroatoms. The van der Waals surface area contributed by atoms with Crippen molar-refractivity contribution in [3.8, 4) is 0 Å². The zero-order chi connectivity index (χ0) is 14.4. The molecule has 1 aromatic rings. The highest BCUT2D eigenvalue weighted by atomic mass is 19.1. The van der Waals surface area contributed by atoms with Gasteiger partial charge in [0.2, 0.25) is 0 Å². The standard InChI is InChI=1S/C11H13FN2O5/c1-19-4-2-3-13-9-5-7(11(15)16)8(12)6-10(9)14(17)18/h5-6,13H,2-4H2,1H3,(H,15,16). The zero-order valence-electron chi connectivity index (χ0n) is 10.2. The first kappa shape index (κ1) is 14.8. The van der Waals surface area contributed by atoms with E-state index in [1.165, 1.54) is 7.11 Å². The number of hydrogen-bond donors (Lipinski definition) is 2. The van der Waals surface area contributed by atoms with Crippen LogP contribution < -0.4 is 5.32 Å². The number of carboxylic acids is 1. The highest BCUT2D eigenvalue weighted by Crippen LogP contribution is 2.27. The lowest BCUT2D eigenvalue weighted by molar-refractivity contribution is -0.384. The predicted octanol–water partition coefficient (Wildman–Crippen LogP) is 1.88. The first-order valence-electron chi connectivity index (χ1n) is 5.41. The van der Waals surface area contributed by atoms with Gasteiger partial charge in [-0.2, -0.15) is 0 Å². The minimum Gasteiger partial charge on any atom is -0.478 e. The van der Waals surface area contributed by atoms with Crippen LogP contribution >= 0.6 is 0 Å². The lowest BCUT2D eigenvalue weighted by atomic mass is 10.1. The molecule has 0 saturated carbocycles. The molecule has 0 aliphatic heterocycles. The topological polar surface area (TPSA) is 102 Å². The van der Waals surface area contributed by atoms with Crippen molar-refractivity contribution in [1.29, 1.82) is 0 Å². The molecule has 104 valence electrons. The van der Waals surface area contributed by atoms with Crippen molar-refractivity contribution in [3.05, 3.63) is 33.6 Å². The Hall–Kier alpha value is -2.22. The number of halogens is 1. The zero-order valence-corrected chi connectivity index (χ0v) is 10.2. The van der Waals surface area contributed by atoms with Crippen LogP contribution in [0.3, 0.4) is 0 Å². The lowest BCUT2D eigenvalue weighted by Gasteiger charge is -2.08. The number of nitro groups is 1. The summed E-state index contributed by atoms with van der Waals surface area (Å²) in [5, 5.41) is 22.2. The lowest BCUT2D eigenvalue weighted by Crippen LogP contribution is -2.09. The third-order valence-corrected chi connectivity index (χ3v) is 2.35. The third kappa shape index (κ3) is 3.88. The fraction of sp³-hybridized carbons (Fsp3) is 0.364. The molecule has 1 rings (SSSR count). The molecule has 0 heterocycles. The molecule has 1 aromatic carbocycles. The number of rotatable bonds is 7. The first-order valence-corrected chi connectivity index (χ1v) is 5.41. The molecule has 0 aliphatic rings. The maximum atomic E-state index is 13.4. The van der Waals surface area contributed by atoms with E-state index in [-0.39, 0.29) is 5.69 Å². The summed E-state index contributed by atoms with van der Waals surface area (Å²) >= 11 is 0. The van der Waals surface area contributed by atoms with Crippen LogP contribution in [-0.2, 0) is 4.74 Å². The molecule has 19 heavy (non-hydrogen) atoms. The van der Waals surface area contributed by atoms with Crippen LogP contribution in [0.15, 0.2) is 12.1 Å². The van der Waals surface area contributed by atoms with E-state index in [0.717, 1.165) is 6.07 Å². The van der Waals surface area contributed by atoms with E-state index in [9.17, 15) is 19.3 Å². The number of nitrogens with zero attached hydrogens (tertiary/aromatic N) is 1. The van der Waals surface area contributed by atoms with Gasteiger partial charge in [-0.1, -0.05) is 0 Å². The van der Waals surface area contributed by atoms with Gasteiger partial charge in [0, 0.05) is 20.3 Å². The van der Waals surface area contributed by atoms with E-state index < -0.39 is 28.0 Å². The van der Waals surface area contributed by atoms with Crippen molar-refractivity contribution in [1.82, 2.24) is 0 Å². The second-order valence-electron chi connectivity index (χ2n) is 3.68. The van der Waals surface area contributed by atoms with Gasteiger partial charge in [0.05, 0.1) is 16.6 Å². The number of carboxylic acid groups (broad SMARTS) is 1. The number of nitrogens with one attached hydrogen (secondary N) is 1. The normalized spacial score (nSPS) is 10.2. The molecular formula is C11H13FN2O5. The summed E-state index contributed by atoms with van der Waals surface area (Å²) in [7, 11) is 1.52. The highest BCUT2D eigenvalue weighted by Gasteiger charge is 2.21. The molecule has 0 radical (unpaired) electrons. The van der Waals surface area contributed by atoms with Gasteiger partial charge in [-0.25, -0.2) is 9.18 Å². The summed E-state index contributed by atoms with van der Waals surface area (Å²) in [5.74, 6) is -2.62. The van der Waals surface area contributed by atoms with Crippen molar-refractivity contribution >= 4 is 17.3 Å². The molecule has 0 unspecified atom stereocenters. The number of anilines is 1. The third-order valence-electron chi connectivity index (χ3n) is 2.35. The van der Waals surface area contributed by atoms with Gasteiger partial charge in [-0.15, -0.1) is 0 Å². The molecular weight excluding hydrogens is 259 g/mol. The summed E-state index contributed by atoms with van der Waals surface area (Å²) in [6, 6.07) is 1.52. The quantitative estimate of drug-likeness (QED) is 0.446. The Balaban J connectivity index is 3.01. The smallest absolute Gasteiger partial charge is 0.338 e. The second-order valence-corrected chi connectivity index (χ2v) is 3.68. The van der Waals surface area contributed by atoms with Gasteiger partial charge in [-0.3, -0.25) is 10.1 Å². The Kier molecular flexibility index (Phi) is 5.19. The van der Waals surface area contributed by atoms with E-state index >= 15 is 0 Å². The maximum absolute atomic E-state index is 13.4. The van der Waals surface area contributed by atoms with Gasteiger partial charge in [0.1, 0.15) is 11.5 Å². The van der Waals surface area contributed by atoms with Crippen LogP contribution in [0.1, 0.15) is 16.8 Å². The molecule has 7 nitrogen and oxygen atoms in total. The number of ether oxygens (including phenoxy) is 1. The monoisotopic (exact) mass is 272 g/mol. The number of carbonyl (C=O) groups is 1. The molecule has 0 spiro atoms. The molecule has 0 saturated heterocycles. The van der Waals surface area contributed by atoms with Gasteiger partial charge < -0.3 is 15.2 Å². The van der Waals surface area contributed by atoms with E-state index in [0.29, 0.717) is 25.6 Å². The number of hydrogen-bond acceptors (Lipinski definition) is 5. The van der Waals surface area contributed by atoms with E-state index in [1.807, 2.05) is 0 Å². The number of benzene rings is 1. The SMILES string of the molecule is COCCCNc1cc(C(=O)O)c(F)cc1[N+](=O)[O-]. The van der Waals surface area contributed by atoms with Gasteiger partial charge in [0.25, 0.3) is 5.69 Å². The minimum atomic E-state index is -1.48. The molecule has 0 bridgehead atoms. The van der Waals surface area contributed by atoms with Crippen LogP contribution in [0, 0.1) is 15.9 Å². The van der Waals surface area contributed by atoms with Crippen molar-refractivity contribution in [3.63, 3.8) is 0 Å². The molecule has 0 aliphatic carbocycles. The van der Waals surface area contributed by atoms with Crippen LogP contribution in [-0.4, -0.2) is 36.3 Å². The van der Waals surface area contributed by atoms with Crippen molar-refractivity contribution in [2.24, 2.45) is 0 Å². The maximum Gasteiger partial charge on any atom is 0.338 e. The average molecular weight is 272 g/mol. The summed E-state index contributed by atoms with van der Waals surface area (Å²) in [6.45, 7) is 0.799. The molecule has 0 aromatic heterocycles. The summed E-state index contributed by atoms with van der Waals surface area (Å²) in [6.07, 6.45) is 0.577. The Morgan fingerprint density at radius 2 is 2.26 bits per heavy atom. The van der Waals surface area contributed by atoms with Gasteiger partial charge in [0.15, 0.2) is 0 Å². The second kappa shape index (κ2) is 6.64. The molecule has 0 amide bonds. The molecule has 0 fully saturated rings. The molecule has 0 atom stereocenters. The highest BCUT2D eigenvalue weighted by molar-refractivity contribution is 5.90. The molecule has 2 N–H and O–H groups in total. The average Bonchev–Trinajstić information content (AvgIpc) is 2.35. The van der Waals surface area contributed by atoms with E-state index in [2.05, 4.69) is 5.32 Å². The first-order chi connectivity index (χ1) is 8.97. The van der Waals surface area contributed by atoms with E-state index in [4.69, 9.17) is 9.84 Å². The fourth-order valence-corrected chi connectivity index (χ4v) is 1.46. The number of aromatic carboxylic acids is 1. The fourth-order valence-electron chi connectivity index (χ4n) is 1.46. The van der Waals surface area contributed by atoms with Gasteiger partial charge >= 0.3 is 5.97 Å². The minimum absolute atomic E-state index is 0.0279. The van der Waals surface area contributed by atoms with Crippen LogP contribution in [0.5, 0.6) is 0 Å². The Morgan fingerprint density at radius 1 is 1.58 bits per heavy atom. The van der Waals surface area contributed by atoms with Crippen molar-refractivity contribution < 1.29 is 24.0 Å². The van der Waals surface area contributed by atoms with Crippen LogP contribution in [0.4, 0.5) is 15.8 Å². The Morgan fingerprint density at radius 3 is 2.79 bits per heavy atom. The van der Waals surface area contributed by atoms with Gasteiger partial charge in [-0.05, 0) is 12.5 Å². The van der Waals surface area contributed by atoms with Crippen LogP contribution in [0.2, 0.25) is 0 Å². The van der Waals surface area contributed by atoms with Crippen molar-refractivity contribution in [2.45, 2.75) is 6.42 Å². The van der Waals surface area contributed by atoms with Crippen molar-refractivity contribution in [2.75, 3.05) is 25.6 Å².